The minimum Gasteiger partial charge on any atom is -0.497 e. The molecule has 39 heavy (non-hydrogen) atoms. The van der Waals surface area contributed by atoms with Crippen LogP contribution in [0.15, 0.2) is 42.5 Å². The molecule has 0 bridgehead atoms. The van der Waals surface area contributed by atoms with Crippen molar-refractivity contribution >= 4 is 39.1 Å². The summed E-state index contributed by atoms with van der Waals surface area (Å²) in [5, 5.41) is 3.56. The van der Waals surface area contributed by atoms with Crippen molar-refractivity contribution in [3.63, 3.8) is 0 Å². The number of rotatable bonds is 12. The number of hydrogen-bond acceptors (Lipinski definition) is 5. The van der Waals surface area contributed by atoms with Crippen LogP contribution < -0.4 is 14.4 Å². The van der Waals surface area contributed by atoms with E-state index in [0.717, 1.165) is 43.1 Å². The Morgan fingerprint density at radius 2 is 1.85 bits per heavy atom. The summed E-state index contributed by atoms with van der Waals surface area (Å²) in [6.45, 7) is 3.91. The SMILES string of the molecule is COc1cccc(CN(C(=O)CCCN(c2cc(Cl)ccc2C)S(C)(=O)=O)[C@H](C)C(=O)NC2CCCCC2)c1. The summed E-state index contributed by atoms with van der Waals surface area (Å²) in [5.41, 5.74) is 2.10. The number of halogens is 1. The molecule has 8 nitrogen and oxygen atoms in total. The molecule has 10 heteroatoms. The van der Waals surface area contributed by atoms with Crippen LogP contribution in [0.25, 0.3) is 0 Å². The second-order valence-electron chi connectivity index (χ2n) is 10.3. The lowest BCUT2D eigenvalue weighted by Crippen LogP contribution is -2.50. The molecule has 0 aromatic heterocycles. The van der Waals surface area contributed by atoms with E-state index < -0.39 is 16.1 Å². The quantitative estimate of drug-likeness (QED) is 0.380. The molecule has 0 heterocycles. The highest BCUT2D eigenvalue weighted by Gasteiger charge is 2.28. The van der Waals surface area contributed by atoms with Crippen LogP contribution in [0, 0.1) is 6.92 Å². The van der Waals surface area contributed by atoms with Crippen LogP contribution in [-0.2, 0) is 26.2 Å². The number of nitrogens with one attached hydrogen (secondary N) is 1. The highest BCUT2D eigenvalue weighted by Crippen LogP contribution is 2.27. The Labute approximate surface area is 237 Å². The smallest absolute Gasteiger partial charge is 0.242 e. The Morgan fingerprint density at radius 1 is 1.13 bits per heavy atom. The molecule has 3 rings (SSSR count). The first-order valence-corrected chi connectivity index (χ1v) is 15.7. The molecule has 2 aromatic carbocycles. The average Bonchev–Trinajstić information content (AvgIpc) is 2.90. The van der Waals surface area contributed by atoms with Crippen molar-refractivity contribution in [2.75, 3.05) is 24.2 Å². The normalized spacial score (nSPS) is 14.9. The minimum absolute atomic E-state index is 0.0800. The predicted octanol–water partition coefficient (Wildman–Crippen LogP) is 5.07. The van der Waals surface area contributed by atoms with Crippen molar-refractivity contribution in [2.45, 2.75) is 77.4 Å². The molecule has 0 unspecified atom stereocenters. The fourth-order valence-electron chi connectivity index (χ4n) is 4.95. The molecule has 0 saturated heterocycles. The molecule has 1 atom stereocenters. The Bertz CT molecular complexity index is 1250. The molecule has 1 fully saturated rings. The van der Waals surface area contributed by atoms with Crippen LogP contribution in [0.3, 0.4) is 0 Å². The van der Waals surface area contributed by atoms with E-state index in [2.05, 4.69) is 5.32 Å². The van der Waals surface area contributed by atoms with E-state index in [9.17, 15) is 18.0 Å². The van der Waals surface area contributed by atoms with E-state index >= 15 is 0 Å². The van der Waals surface area contributed by atoms with Gasteiger partial charge in [0.15, 0.2) is 0 Å². The van der Waals surface area contributed by atoms with Crippen LogP contribution >= 0.6 is 11.6 Å². The number of carbonyl (C=O) groups excluding carboxylic acids is 2. The first-order chi connectivity index (χ1) is 18.5. The molecule has 0 aliphatic heterocycles. The Morgan fingerprint density at radius 3 is 2.51 bits per heavy atom. The van der Waals surface area contributed by atoms with Crippen molar-refractivity contribution in [1.29, 1.82) is 0 Å². The number of anilines is 1. The number of methoxy groups -OCH3 is 1. The van der Waals surface area contributed by atoms with Gasteiger partial charge < -0.3 is 15.0 Å². The Kier molecular flexibility index (Phi) is 11.1. The maximum atomic E-state index is 13.6. The van der Waals surface area contributed by atoms with Gasteiger partial charge in [0.05, 0.1) is 19.1 Å². The number of carbonyl (C=O) groups is 2. The number of sulfonamides is 1. The first-order valence-electron chi connectivity index (χ1n) is 13.5. The van der Waals surface area contributed by atoms with Gasteiger partial charge in [-0.1, -0.05) is 49.1 Å². The lowest BCUT2D eigenvalue weighted by atomic mass is 9.95. The molecule has 214 valence electrons. The predicted molar refractivity (Wildman–Crippen MR) is 156 cm³/mol. The standard InChI is InChI=1S/C29H40ClN3O5S/c1-21-15-16-24(30)19-27(21)33(39(4,36)37)17-9-14-28(34)32(20-23-10-8-13-26(18-23)38-3)22(2)29(35)31-25-11-6-5-7-12-25/h8,10,13,15-16,18-19,22,25H,5-7,9,11-12,14,17,20H2,1-4H3,(H,31,35)/t22-/m1/s1. The number of hydrogen-bond donors (Lipinski definition) is 1. The average molecular weight is 578 g/mol. The van der Waals surface area contributed by atoms with Crippen LogP contribution in [0.5, 0.6) is 5.75 Å². The van der Waals surface area contributed by atoms with Crippen molar-refractivity contribution < 1.29 is 22.7 Å². The maximum Gasteiger partial charge on any atom is 0.242 e. The molecule has 1 aliphatic carbocycles. The van der Waals surface area contributed by atoms with E-state index in [0.29, 0.717) is 16.5 Å². The van der Waals surface area contributed by atoms with Gasteiger partial charge in [-0.15, -0.1) is 0 Å². The van der Waals surface area contributed by atoms with Crippen LogP contribution in [-0.4, -0.2) is 57.1 Å². The molecular formula is C29H40ClN3O5S. The van der Waals surface area contributed by atoms with Gasteiger partial charge in [-0.2, -0.15) is 0 Å². The maximum absolute atomic E-state index is 13.6. The third kappa shape index (κ3) is 8.86. The summed E-state index contributed by atoms with van der Waals surface area (Å²) in [5.74, 6) is 0.269. The highest BCUT2D eigenvalue weighted by molar-refractivity contribution is 7.92. The monoisotopic (exact) mass is 577 g/mol. The number of amides is 2. The van der Waals surface area contributed by atoms with Crippen LogP contribution in [0.4, 0.5) is 5.69 Å². The summed E-state index contributed by atoms with van der Waals surface area (Å²) in [6.07, 6.45) is 6.77. The van der Waals surface area contributed by atoms with Crippen molar-refractivity contribution in [3.05, 3.63) is 58.6 Å². The number of nitrogens with zero attached hydrogens (tertiary/aromatic N) is 2. The zero-order chi connectivity index (χ0) is 28.6. The number of ether oxygens (including phenoxy) is 1. The molecule has 2 amide bonds. The highest BCUT2D eigenvalue weighted by atomic mass is 35.5. The van der Waals surface area contributed by atoms with Crippen molar-refractivity contribution in [1.82, 2.24) is 10.2 Å². The van der Waals surface area contributed by atoms with Gasteiger partial charge in [-0.25, -0.2) is 8.42 Å². The van der Waals surface area contributed by atoms with E-state index in [4.69, 9.17) is 16.3 Å². The van der Waals surface area contributed by atoms with Crippen LogP contribution in [0.2, 0.25) is 5.02 Å². The fraction of sp³-hybridized carbons (Fsp3) is 0.517. The van der Waals surface area contributed by atoms with Gasteiger partial charge in [0, 0.05) is 30.6 Å². The second-order valence-corrected chi connectivity index (χ2v) is 12.6. The van der Waals surface area contributed by atoms with E-state index in [1.165, 1.54) is 10.7 Å². The van der Waals surface area contributed by atoms with E-state index in [-0.39, 0.29) is 43.8 Å². The molecular weight excluding hydrogens is 538 g/mol. The lowest BCUT2D eigenvalue weighted by molar-refractivity contribution is -0.141. The molecule has 0 radical (unpaired) electrons. The van der Waals surface area contributed by atoms with Gasteiger partial charge in [-0.3, -0.25) is 13.9 Å². The number of aryl methyl sites for hydroxylation is 1. The van der Waals surface area contributed by atoms with Crippen molar-refractivity contribution in [2.24, 2.45) is 0 Å². The third-order valence-corrected chi connectivity index (χ3v) is 8.61. The molecule has 1 saturated carbocycles. The molecule has 2 aromatic rings. The van der Waals surface area contributed by atoms with Gasteiger partial charge in [-0.05, 0) is 68.5 Å². The van der Waals surface area contributed by atoms with Gasteiger partial charge in [0.25, 0.3) is 0 Å². The Balaban J connectivity index is 1.75. The molecule has 1 N–H and O–H groups in total. The summed E-state index contributed by atoms with van der Waals surface area (Å²) < 4.78 is 31.9. The van der Waals surface area contributed by atoms with Gasteiger partial charge in [0.2, 0.25) is 21.8 Å². The summed E-state index contributed by atoms with van der Waals surface area (Å²) in [4.78, 5) is 28.3. The third-order valence-electron chi connectivity index (χ3n) is 7.20. The molecule has 0 spiro atoms. The van der Waals surface area contributed by atoms with E-state index in [1.54, 1.807) is 37.1 Å². The van der Waals surface area contributed by atoms with Gasteiger partial charge >= 0.3 is 0 Å². The van der Waals surface area contributed by atoms with Crippen LogP contribution in [0.1, 0.15) is 63.0 Å². The Hall–Kier alpha value is -2.78. The zero-order valence-corrected chi connectivity index (χ0v) is 24.9. The number of benzene rings is 2. The largest absolute Gasteiger partial charge is 0.497 e. The molecule has 1 aliphatic rings. The zero-order valence-electron chi connectivity index (χ0n) is 23.3. The van der Waals surface area contributed by atoms with E-state index in [1.807, 2.05) is 31.2 Å². The second kappa shape index (κ2) is 14.0. The minimum atomic E-state index is -3.61. The van der Waals surface area contributed by atoms with Crippen molar-refractivity contribution in [3.8, 4) is 5.75 Å². The topological polar surface area (TPSA) is 96.0 Å². The fourth-order valence-corrected chi connectivity index (χ4v) is 6.13. The summed E-state index contributed by atoms with van der Waals surface area (Å²) >= 11 is 6.14. The van der Waals surface area contributed by atoms with Gasteiger partial charge in [0.1, 0.15) is 11.8 Å². The lowest BCUT2D eigenvalue weighted by Gasteiger charge is -2.31. The summed E-state index contributed by atoms with van der Waals surface area (Å²) in [6, 6.07) is 11.9. The first kappa shape index (κ1) is 30.8. The summed E-state index contributed by atoms with van der Waals surface area (Å²) in [7, 11) is -2.03.